The summed E-state index contributed by atoms with van der Waals surface area (Å²) in [4.78, 5) is 0.0795. The normalized spacial score (nSPS) is 10.8. The van der Waals surface area contributed by atoms with E-state index in [9.17, 15) is 8.42 Å². The third-order valence-electron chi connectivity index (χ3n) is 2.88. The fourth-order valence-electron chi connectivity index (χ4n) is 1.71. The van der Waals surface area contributed by atoms with E-state index in [2.05, 4.69) is 0 Å². The van der Waals surface area contributed by atoms with Gasteiger partial charge in [-0.05, 0) is 42.5 Å². The van der Waals surface area contributed by atoms with E-state index >= 15 is 0 Å². The zero-order valence-electron chi connectivity index (χ0n) is 10.8. The van der Waals surface area contributed by atoms with Crippen LogP contribution in [0.1, 0.15) is 5.56 Å². The molecule has 2 aromatic carbocycles. The molecule has 2 N–H and O–H groups in total. The lowest BCUT2D eigenvalue weighted by Gasteiger charge is -2.19. The Bertz CT molecular complexity index is 762. The molecule has 0 amide bonds. The molecule has 0 aliphatic rings. The van der Waals surface area contributed by atoms with Gasteiger partial charge >= 0.3 is 0 Å². The van der Waals surface area contributed by atoms with E-state index in [0.29, 0.717) is 16.9 Å². The Hall–Kier alpha value is -2.52. The lowest BCUT2D eigenvalue weighted by molar-refractivity contribution is 0.594. The number of benzene rings is 2. The van der Waals surface area contributed by atoms with Crippen molar-refractivity contribution in [1.29, 1.82) is 5.26 Å². The zero-order chi connectivity index (χ0) is 14.8. The number of sulfonamides is 1. The molecule has 0 aliphatic heterocycles. The molecule has 0 atom stereocenters. The minimum atomic E-state index is -3.70. The Balaban J connectivity index is 2.44. The minimum Gasteiger partial charge on any atom is -0.399 e. The topological polar surface area (TPSA) is 87.2 Å². The van der Waals surface area contributed by atoms with E-state index in [1.807, 2.05) is 6.07 Å². The molecule has 0 spiro atoms. The molecule has 0 fully saturated rings. The summed E-state index contributed by atoms with van der Waals surface area (Å²) in [5, 5.41) is 8.84. The number of anilines is 2. The summed E-state index contributed by atoms with van der Waals surface area (Å²) in [5.41, 5.74) is 6.95. The predicted octanol–water partition coefficient (Wildman–Crippen LogP) is 1.97. The van der Waals surface area contributed by atoms with Crippen molar-refractivity contribution >= 4 is 21.4 Å². The van der Waals surface area contributed by atoms with Crippen molar-refractivity contribution in [2.45, 2.75) is 4.90 Å². The van der Waals surface area contributed by atoms with Crippen LogP contribution in [0.15, 0.2) is 53.4 Å². The van der Waals surface area contributed by atoms with E-state index in [4.69, 9.17) is 11.0 Å². The van der Waals surface area contributed by atoms with Crippen molar-refractivity contribution in [2.75, 3.05) is 17.1 Å². The van der Waals surface area contributed by atoms with Gasteiger partial charge in [-0.25, -0.2) is 8.42 Å². The van der Waals surface area contributed by atoms with Crippen LogP contribution in [-0.2, 0) is 10.0 Å². The second kappa shape index (κ2) is 5.23. The molecule has 2 rings (SSSR count). The van der Waals surface area contributed by atoms with Crippen molar-refractivity contribution in [3.63, 3.8) is 0 Å². The van der Waals surface area contributed by atoms with E-state index in [-0.39, 0.29) is 4.90 Å². The van der Waals surface area contributed by atoms with Gasteiger partial charge in [-0.1, -0.05) is 6.07 Å². The van der Waals surface area contributed by atoms with Gasteiger partial charge in [-0.2, -0.15) is 5.26 Å². The van der Waals surface area contributed by atoms with Crippen LogP contribution < -0.4 is 10.0 Å². The molecular formula is C14H13N3O2S. The first-order chi connectivity index (χ1) is 9.45. The SMILES string of the molecule is CN(c1ccc(N)cc1)S(=O)(=O)c1cccc(C#N)c1. The fraction of sp³-hybridized carbons (Fsp3) is 0.0714. The Morgan fingerprint density at radius 1 is 1.15 bits per heavy atom. The van der Waals surface area contributed by atoms with Gasteiger partial charge in [0.2, 0.25) is 0 Å². The third-order valence-corrected chi connectivity index (χ3v) is 4.66. The van der Waals surface area contributed by atoms with Crippen LogP contribution in [-0.4, -0.2) is 15.5 Å². The molecule has 0 bridgehead atoms. The monoisotopic (exact) mass is 287 g/mol. The lowest BCUT2D eigenvalue weighted by Crippen LogP contribution is -2.26. The predicted molar refractivity (Wildman–Crippen MR) is 77.6 cm³/mol. The Labute approximate surface area is 117 Å². The van der Waals surface area contributed by atoms with Gasteiger partial charge in [0.25, 0.3) is 10.0 Å². The van der Waals surface area contributed by atoms with Gasteiger partial charge in [-0.15, -0.1) is 0 Å². The van der Waals surface area contributed by atoms with Crippen molar-refractivity contribution in [2.24, 2.45) is 0 Å². The first-order valence-electron chi connectivity index (χ1n) is 5.80. The minimum absolute atomic E-state index is 0.0795. The van der Waals surface area contributed by atoms with E-state index in [1.54, 1.807) is 36.4 Å². The van der Waals surface area contributed by atoms with Crippen LogP contribution in [0.2, 0.25) is 0 Å². The van der Waals surface area contributed by atoms with Crippen molar-refractivity contribution in [1.82, 2.24) is 0 Å². The number of nitrogens with two attached hydrogens (primary N) is 1. The van der Waals surface area contributed by atoms with E-state index in [0.717, 1.165) is 4.31 Å². The van der Waals surface area contributed by atoms with Gasteiger partial charge in [0.15, 0.2) is 0 Å². The molecule has 20 heavy (non-hydrogen) atoms. The summed E-state index contributed by atoms with van der Waals surface area (Å²) in [6.07, 6.45) is 0. The molecule has 0 aliphatic carbocycles. The highest BCUT2D eigenvalue weighted by molar-refractivity contribution is 7.92. The number of nitriles is 1. The number of hydrogen-bond donors (Lipinski definition) is 1. The summed E-state index contributed by atoms with van der Waals surface area (Å²) in [6, 6.07) is 14.4. The van der Waals surface area contributed by atoms with Gasteiger partial charge in [0.1, 0.15) is 0 Å². The second-order valence-electron chi connectivity index (χ2n) is 4.20. The highest BCUT2D eigenvalue weighted by Gasteiger charge is 2.21. The van der Waals surface area contributed by atoms with Crippen LogP contribution in [0.25, 0.3) is 0 Å². The third kappa shape index (κ3) is 2.58. The van der Waals surface area contributed by atoms with Gasteiger partial charge in [0, 0.05) is 12.7 Å². The summed E-state index contributed by atoms with van der Waals surface area (Å²) in [7, 11) is -2.24. The highest BCUT2D eigenvalue weighted by atomic mass is 32.2. The summed E-state index contributed by atoms with van der Waals surface area (Å²) in [5.74, 6) is 0. The summed E-state index contributed by atoms with van der Waals surface area (Å²) in [6.45, 7) is 0. The molecule has 0 saturated carbocycles. The molecule has 5 nitrogen and oxygen atoms in total. The Morgan fingerprint density at radius 2 is 1.80 bits per heavy atom. The molecule has 102 valence electrons. The average Bonchev–Trinajstić information content (AvgIpc) is 2.47. The quantitative estimate of drug-likeness (QED) is 0.874. The second-order valence-corrected chi connectivity index (χ2v) is 6.17. The fourth-order valence-corrected chi connectivity index (χ4v) is 2.95. The molecule has 2 aromatic rings. The van der Waals surface area contributed by atoms with Crippen LogP contribution in [0, 0.1) is 11.3 Å². The highest BCUT2D eigenvalue weighted by Crippen LogP contribution is 2.23. The largest absolute Gasteiger partial charge is 0.399 e. The Morgan fingerprint density at radius 3 is 2.40 bits per heavy atom. The maximum atomic E-state index is 12.5. The van der Waals surface area contributed by atoms with Crippen molar-refractivity contribution < 1.29 is 8.42 Å². The maximum Gasteiger partial charge on any atom is 0.264 e. The first kappa shape index (κ1) is 13.9. The van der Waals surface area contributed by atoms with Crippen LogP contribution in [0.3, 0.4) is 0 Å². The van der Waals surface area contributed by atoms with E-state index < -0.39 is 10.0 Å². The van der Waals surface area contributed by atoms with Gasteiger partial charge < -0.3 is 5.73 Å². The maximum absolute atomic E-state index is 12.5. The van der Waals surface area contributed by atoms with Crippen LogP contribution in [0.5, 0.6) is 0 Å². The zero-order valence-corrected chi connectivity index (χ0v) is 11.6. The smallest absolute Gasteiger partial charge is 0.264 e. The molecule has 0 heterocycles. The van der Waals surface area contributed by atoms with Crippen LogP contribution in [0.4, 0.5) is 11.4 Å². The molecule has 0 saturated heterocycles. The number of nitrogens with zero attached hydrogens (tertiary/aromatic N) is 2. The van der Waals surface area contributed by atoms with Crippen molar-refractivity contribution in [3.05, 3.63) is 54.1 Å². The number of nitrogen functional groups attached to an aromatic ring is 1. The summed E-state index contributed by atoms with van der Waals surface area (Å²) < 4.78 is 26.1. The molecule has 0 radical (unpaired) electrons. The molecular weight excluding hydrogens is 274 g/mol. The van der Waals surface area contributed by atoms with Gasteiger partial charge in [-0.3, -0.25) is 4.31 Å². The van der Waals surface area contributed by atoms with Crippen LogP contribution >= 0.6 is 0 Å². The average molecular weight is 287 g/mol. The van der Waals surface area contributed by atoms with Crippen molar-refractivity contribution in [3.8, 4) is 6.07 Å². The lowest BCUT2D eigenvalue weighted by atomic mass is 10.2. The van der Waals surface area contributed by atoms with E-state index in [1.165, 1.54) is 19.2 Å². The number of rotatable bonds is 3. The standard InChI is InChI=1S/C14H13N3O2S/c1-17(13-7-5-12(16)6-8-13)20(18,19)14-4-2-3-11(9-14)10-15/h2-9H,16H2,1H3. The molecule has 0 aromatic heterocycles. The summed E-state index contributed by atoms with van der Waals surface area (Å²) >= 11 is 0. The molecule has 6 heteroatoms. The van der Waals surface area contributed by atoms with Gasteiger partial charge in [0.05, 0.1) is 22.2 Å². The Kier molecular flexibility index (Phi) is 3.63. The molecule has 0 unspecified atom stereocenters. The number of hydrogen-bond acceptors (Lipinski definition) is 4. The first-order valence-corrected chi connectivity index (χ1v) is 7.24.